The lowest BCUT2D eigenvalue weighted by molar-refractivity contribution is 0.0844. The number of nitrogens with one attached hydrogen (secondary N) is 1. The van der Waals surface area contributed by atoms with Crippen LogP contribution in [0.2, 0.25) is 0 Å². The normalized spacial score (nSPS) is 13.4. The van der Waals surface area contributed by atoms with Gasteiger partial charge >= 0.3 is 0 Å². The first kappa shape index (κ1) is 15.2. The molecule has 0 aliphatic rings. The fourth-order valence-corrected chi connectivity index (χ4v) is 1.51. The Bertz CT molecular complexity index is 439. The van der Waals surface area contributed by atoms with Gasteiger partial charge in [-0.2, -0.15) is 0 Å². The van der Waals surface area contributed by atoms with Crippen LogP contribution in [0.3, 0.4) is 0 Å². The minimum Gasteiger partial charge on any atom is -0.489 e. The third-order valence-corrected chi connectivity index (χ3v) is 3.03. The van der Waals surface area contributed by atoms with Crippen LogP contribution < -0.4 is 10.1 Å². The van der Waals surface area contributed by atoms with E-state index in [9.17, 15) is 9.90 Å². The highest BCUT2D eigenvalue weighted by Gasteiger charge is 2.25. The zero-order valence-corrected chi connectivity index (χ0v) is 11.5. The Morgan fingerprint density at radius 2 is 2.21 bits per heavy atom. The molecule has 1 aromatic carbocycles. The van der Waals surface area contributed by atoms with Crippen molar-refractivity contribution in [1.29, 1.82) is 0 Å². The number of carbonyl (C=O) groups is 1. The summed E-state index contributed by atoms with van der Waals surface area (Å²) >= 11 is 0. The van der Waals surface area contributed by atoms with Gasteiger partial charge < -0.3 is 15.2 Å². The molecule has 0 heterocycles. The molecule has 1 amide bonds. The molecule has 19 heavy (non-hydrogen) atoms. The summed E-state index contributed by atoms with van der Waals surface area (Å²) in [5.74, 6) is 0.259. The molecule has 0 spiro atoms. The predicted octanol–water partition coefficient (Wildman–Crippen LogP) is 2.14. The highest BCUT2D eigenvalue weighted by atomic mass is 16.5. The molecule has 0 aliphatic carbocycles. The average molecular weight is 263 g/mol. The fourth-order valence-electron chi connectivity index (χ4n) is 1.51. The van der Waals surface area contributed by atoms with Gasteiger partial charge in [0.2, 0.25) is 0 Å². The molecule has 1 rings (SSSR count). The number of ether oxygens (including phenoxy) is 1. The molecule has 0 fully saturated rings. The highest BCUT2D eigenvalue weighted by molar-refractivity contribution is 5.97. The minimum atomic E-state index is -0.622. The van der Waals surface area contributed by atoms with Crippen LogP contribution in [0.25, 0.3) is 0 Å². The summed E-state index contributed by atoms with van der Waals surface area (Å²) in [6.45, 7) is 7.53. The van der Waals surface area contributed by atoms with E-state index in [0.717, 1.165) is 0 Å². The lowest BCUT2D eigenvalue weighted by Crippen LogP contribution is -2.48. The van der Waals surface area contributed by atoms with Gasteiger partial charge in [-0.15, -0.1) is 0 Å². The number of amides is 1. The van der Waals surface area contributed by atoms with Crippen LogP contribution in [-0.4, -0.2) is 29.8 Å². The highest BCUT2D eigenvalue weighted by Crippen LogP contribution is 2.19. The summed E-state index contributed by atoms with van der Waals surface area (Å²) in [6, 6.07) is 7.01. The van der Waals surface area contributed by atoms with Crippen LogP contribution >= 0.6 is 0 Å². The Labute approximate surface area is 114 Å². The van der Waals surface area contributed by atoms with E-state index in [4.69, 9.17) is 4.74 Å². The topological polar surface area (TPSA) is 58.6 Å². The predicted molar refractivity (Wildman–Crippen MR) is 75.4 cm³/mol. The maximum Gasteiger partial charge on any atom is 0.255 e. The summed E-state index contributed by atoms with van der Waals surface area (Å²) in [7, 11) is 0. The molecule has 0 radical (unpaired) electrons. The maximum absolute atomic E-state index is 12.2. The van der Waals surface area contributed by atoms with Gasteiger partial charge in [-0.25, -0.2) is 0 Å². The van der Waals surface area contributed by atoms with E-state index in [1.807, 2.05) is 6.92 Å². The molecule has 1 aromatic rings. The Morgan fingerprint density at radius 3 is 2.79 bits per heavy atom. The van der Waals surface area contributed by atoms with Crippen molar-refractivity contribution in [2.45, 2.75) is 25.8 Å². The molecule has 0 saturated carbocycles. The van der Waals surface area contributed by atoms with Crippen molar-refractivity contribution in [2.75, 3.05) is 13.2 Å². The number of hydrogen-bond acceptors (Lipinski definition) is 3. The molecule has 0 saturated heterocycles. The fraction of sp³-hybridized carbons (Fsp3) is 0.400. The molecule has 104 valence electrons. The summed E-state index contributed by atoms with van der Waals surface area (Å²) in [4.78, 5) is 12.2. The first-order valence-electron chi connectivity index (χ1n) is 6.32. The van der Waals surface area contributed by atoms with Crippen LogP contribution in [0, 0.1) is 0 Å². The summed E-state index contributed by atoms with van der Waals surface area (Å²) in [5, 5.41) is 12.2. The Morgan fingerprint density at radius 1 is 1.53 bits per heavy atom. The third-order valence-electron chi connectivity index (χ3n) is 3.03. The van der Waals surface area contributed by atoms with Crippen LogP contribution in [0.1, 0.15) is 30.6 Å². The lowest BCUT2D eigenvalue weighted by atomic mass is 9.99. The zero-order valence-electron chi connectivity index (χ0n) is 11.5. The van der Waals surface area contributed by atoms with Crippen molar-refractivity contribution in [1.82, 2.24) is 5.32 Å². The van der Waals surface area contributed by atoms with Gasteiger partial charge in [0.05, 0.1) is 17.7 Å². The van der Waals surface area contributed by atoms with Crippen molar-refractivity contribution < 1.29 is 14.6 Å². The smallest absolute Gasteiger partial charge is 0.255 e. The minimum absolute atomic E-state index is 0.106. The van der Waals surface area contributed by atoms with Gasteiger partial charge in [0.15, 0.2) is 0 Å². The second-order valence-electron chi connectivity index (χ2n) is 4.62. The molecular formula is C15H21NO3. The molecule has 0 aromatic heterocycles. The molecule has 1 unspecified atom stereocenters. The van der Waals surface area contributed by atoms with Crippen LogP contribution in [0.4, 0.5) is 0 Å². The Kier molecular flexibility index (Phi) is 5.57. The molecule has 0 bridgehead atoms. The van der Waals surface area contributed by atoms with E-state index in [0.29, 0.717) is 24.3 Å². The number of carbonyl (C=O) groups excluding carboxylic acids is 1. The monoisotopic (exact) mass is 263 g/mol. The summed E-state index contributed by atoms with van der Waals surface area (Å²) in [6.07, 6.45) is 2.27. The first-order valence-corrected chi connectivity index (χ1v) is 6.32. The number of rotatable bonds is 7. The quantitative estimate of drug-likeness (QED) is 0.741. The molecule has 4 nitrogen and oxygen atoms in total. The van der Waals surface area contributed by atoms with Gasteiger partial charge in [-0.1, -0.05) is 31.7 Å². The summed E-state index contributed by atoms with van der Waals surface area (Å²) < 4.78 is 5.45. The van der Waals surface area contributed by atoms with E-state index in [1.54, 1.807) is 37.3 Å². The number of para-hydroxylation sites is 1. The van der Waals surface area contributed by atoms with E-state index in [2.05, 4.69) is 11.9 Å². The third kappa shape index (κ3) is 4.10. The van der Waals surface area contributed by atoms with Crippen molar-refractivity contribution in [3.8, 4) is 5.75 Å². The number of aliphatic hydroxyl groups is 1. The van der Waals surface area contributed by atoms with E-state index in [1.165, 1.54) is 0 Å². The number of benzene rings is 1. The van der Waals surface area contributed by atoms with Crippen molar-refractivity contribution in [2.24, 2.45) is 0 Å². The largest absolute Gasteiger partial charge is 0.489 e. The van der Waals surface area contributed by atoms with Crippen LogP contribution in [-0.2, 0) is 0 Å². The Balaban J connectivity index is 2.90. The van der Waals surface area contributed by atoms with Gasteiger partial charge in [-0.3, -0.25) is 4.79 Å². The Hall–Kier alpha value is -1.81. The van der Waals surface area contributed by atoms with Gasteiger partial charge in [-0.05, 0) is 25.5 Å². The zero-order chi connectivity index (χ0) is 14.3. The second kappa shape index (κ2) is 6.95. The first-order chi connectivity index (χ1) is 9.06. The van der Waals surface area contributed by atoms with Gasteiger partial charge in [0.25, 0.3) is 5.91 Å². The molecule has 2 N–H and O–H groups in total. The lowest BCUT2D eigenvalue weighted by Gasteiger charge is -2.27. The maximum atomic E-state index is 12.2. The standard InChI is InChI=1S/C15H21NO3/c1-4-10-19-13-9-7-6-8-12(13)14(18)16-15(3,5-2)11-17/h4,6-9,17H,1,5,10-11H2,2-3H3,(H,16,18). The van der Waals surface area contributed by atoms with Crippen LogP contribution in [0.15, 0.2) is 36.9 Å². The van der Waals surface area contributed by atoms with Crippen molar-refractivity contribution >= 4 is 5.91 Å². The molecule has 0 aliphatic heterocycles. The van der Waals surface area contributed by atoms with Crippen LogP contribution in [0.5, 0.6) is 5.75 Å². The van der Waals surface area contributed by atoms with E-state index in [-0.39, 0.29) is 12.5 Å². The van der Waals surface area contributed by atoms with E-state index < -0.39 is 5.54 Å². The van der Waals surface area contributed by atoms with E-state index >= 15 is 0 Å². The number of aliphatic hydroxyl groups excluding tert-OH is 1. The van der Waals surface area contributed by atoms with Gasteiger partial charge in [0.1, 0.15) is 12.4 Å². The van der Waals surface area contributed by atoms with Crippen molar-refractivity contribution in [3.63, 3.8) is 0 Å². The molecular weight excluding hydrogens is 242 g/mol. The number of hydrogen-bond donors (Lipinski definition) is 2. The SMILES string of the molecule is C=CCOc1ccccc1C(=O)NC(C)(CC)CO. The summed E-state index contributed by atoms with van der Waals surface area (Å²) in [5.41, 5.74) is -0.166. The molecule has 1 atom stereocenters. The average Bonchev–Trinajstić information content (AvgIpc) is 2.45. The second-order valence-corrected chi connectivity index (χ2v) is 4.62. The molecule has 4 heteroatoms. The van der Waals surface area contributed by atoms with Crippen molar-refractivity contribution in [3.05, 3.63) is 42.5 Å². The van der Waals surface area contributed by atoms with Gasteiger partial charge in [0, 0.05) is 0 Å².